The van der Waals surface area contributed by atoms with E-state index in [2.05, 4.69) is 15.3 Å². The van der Waals surface area contributed by atoms with E-state index in [9.17, 15) is 0 Å². The Morgan fingerprint density at radius 3 is 2.67 bits per heavy atom. The molecule has 2 heterocycles. The zero-order valence-corrected chi connectivity index (χ0v) is 10.7. The van der Waals surface area contributed by atoms with E-state index in [4.69, 9.17) is 11.6 Å². The van der Waals surface area contributed by atoms with Gasteiger partial charge in [0.15, 0.2) is 0 Å². The zero-order chi connectivity index (χ0) is 12.4. The van der Waals surface area contributed by atoms with Crippen LogP contribution in [0.3, 0.4) is 0 Å². The normalized spacial score (nSPS) is 19.1. The summed E-state index contributed by atoms with van der Waals surface area (Å²) < 4.78 is 0. The summed E-state index contributed by atoms with van der Waals surface area (Å²) in [4.78, 5) is 8.90. The van der Waals surface area contributed by atoms with Crippen molar-refractivity contribution in [2.75, 3.05) is 6.54 Å². The first-order valence-electron chi connectivity index (χ1n) is 6.14. The molecule has 4 heteroatoms. The Bertz CT molecular complexity index is 533. The molecular formula is C14H14ClN3. The van der Waals surface area contributed by atoms with Gasteiger partial charge in [-0.2, -0.15) is 0 Å². The van der Waals surface area contributed by atoms with Crippen molar-refractivity contribution in [3.05, 3.63) is 47.5 Å². The number of hydrogen-bond acceptors (Lipinski definition) is 3. The van der Waals surface area contributed by atoms with Gasteiger partial charge in [-0.15, -0.1) is 0 Å². The van der Waals surface area contributed by atoms with Crippen LogP contribution < -0.4 is 5.32 Å². The Balaban J connectivity index is 1.86. The lowest BCUT2D eigenvalue weighted by atomic mass is 10.1. The minimum Gasteiger partial charge on any atom is -0.307 e. The highest BCUT2D eigenvalue weighted by molar-refractivity contribution is 6.30. The monoisotopic (exact) mass is 259 g/mol. The van der Waals surface area contributed by atoms with Crippen LogP contribution in [0.4, 0.5) is 0 Å². The van der Waals surface area contributed by atoms with E-state index >= 15 is 0 Å². The van der Waals surface area contributed by atoms with Crippen LogP contribution in [0.1, 0.15) is 24.7 Å². The van der Waals surface area contributed by atoms with Gasteiger partial charge in [0.25, 0.3) is 0 Å². The first kappa shape index (κ1) is 11.6. The number of halogens is 1. The number of nitrogens with zero attached hydrogens (tertiary/aromatic N) is 2. The second-order valence-electron chi connectivity index (χ2n) is 4.49. The Hall–Kier alpha value is -1.45. The van der Waals surface area contributed by atoms with Crippen molar-refractivity contribution in [2.24, 2.45) is 0 Å². The lowest BCUT2D eigenvalue weighted by molar-refractivity contribution is 0.605. The van der Waals surface area contributed by atoms with Gasteiger partial charge in [0.05, 0.1) is 6.04 Å². The Morgan fingerprint density at radius 2 is 2.00 bits per heavy atom. The zero-order valence-electron chi connectivity index (χ0n) is 9.94. The van der Waals surface area contributed by atoms with Crippen LogP contribution >= 0.6 is 11.6 Å². The summed E-state index contributed by atoms with van der Waals surface area (Å²) in [6.07, 6.45) is 6.06. The van der Waals surface area contributed by atoms with Gasteiger partial charge >= 0.3 is 0 Å². The van der Waals surface area contributed by atoms with Crippen LogP contribution in [0, 0.1) is 0 Å². The highest BCUT2D eigenvalue weighted by Gasteiger charge is 2.18. The molecule has 1 atom stereocenters. The average Bonchev–Trinajstić information content (AvgIpc) is 2.93. The summed E-state index contributed by atoms with van der Waals surface area (Å²) in [5.74, 6) is 0.887. The van der Waals surface area contributed by atoms with Crippen molar-refractivity contribution < 1.29 is 0 Å². The van der Waals surface area contributed by atoms with Gasteiger partial charge in [-0.1, -0.05) is 23.7 Å². The van der Waals surface area contributed by atoms with Crippen molar-refractivity contribution in [1.29, 1.82) is 0 Å². The molecule has 1 aliphatic rings. The van der Waals surface area contributed by atoms with Gasteiger partial charge in [0.2, 0.25) is 0 Å². The molecule has 0 amide bonds. The van der Waals surface area contributed by atoms with Gasteiger partial charge in [0, 0.05) is 23.0 Å². The SMILES string of the molecule is Clc1cccc(-c2cnc(C3CCCN3)nc2)c1. The van der Waals surface area contributed by atoms with Crippen molar-refractivity contribution in [3.63, 3.8) is 0 Å². The third-order valence-electron chi connectivity index (χ3n) is 3.20. The van der Waals surface area contributed by atoms with Gasteiger partial charge in [-0.05, 0) is 37.1 Å². The third kappa shape index (κ3) is 2.37. The molecule has 2 aromatic rings. The van der Waals surface area contributed by atoms with Gasteiger partial charge in [-0.25, -0.2) is 9.97 Å². The van der Waals surface area contributed by atoms with Gasteiger partial charge in [-0.3, -0.25) is 0 Å². The molecule has 3 rings (SSSR count). The van der Waals surface area contributed by atoms with Crippen LogP contribution in [0.5, 0.6) is 0 Å². The molecule has 1 aromatic heterocycles. The molecule has 1 fully saturated rings. The maximum atomic E-state index is 5.98. The molecule has 0 radical (unpaired) electrons. The van der Waals surface area contributed by atoms with Crippen molar-refractivity contribution in [1.82, 2.24) is 15.3 Å². The second-order valence-corrected chi connectivity index (χ2v) is 4.93. The summed E-state index contributed by atoms with van der Waals surface area (Å²) >= 11 is 5.98. The first-order chi connectivity index (χ1) is 8.83. The minimum absolute atomic E-state index is 0.318. The van der Waals surface area contributed by atoms with Gasteiger partial charge in [0.1, 0.15) is 5.82 Å². The molecular weight excluding hydrogens is 246 g/mol. The van der Waals surface area contributed by atoms with E-state index < -0.39 is 0 Å². The molecule has 0 saturated carbocycles. The Morgan fingerprint density at radius 1 is 1.17 bits per heavy atom. The fourth-order valence-electron chi connectivity index (χ4n) is 2.24. The van der Waals surface area contributed by atoms with Crippen LogP contribution in [0.2, 0.25) is 5.02 Å². The fraction of sp³-hybridized carbons (Fsp3) is 0.286. The predicted octanol–water partition coefficient (Wildman–Crippen LogP) is 3.22. The highest BCUT2D eigenvalue weighted by atomic mass is 35.5. The molecule has 1 aromatic carbocycles. The molecule has 0 spiro atoms. The molecule has 1 saturated heterocycles. The molecule has 92 valence electrons. The minimum atomic E-state index is 0.318. The summed E-state index contributed by atoms with van der Waals surface area (Å²) in [6.45, 7) is 1.06. The quantitative estimate of drug-likeness (QED) is 0.900. The van der Waals surface area contributed by atoms with Gasteiger partial charge < -0.3 is 5.32 Å². The summed E-state index contributed by atoms with van der Waals surface area (Å²) in [5.41, 5.74) is 2.05. The molecule has 18 heavy (non-hydrogen) atoms. The second kappa shape index (κ2) is 5.04. The standard InChI is InChI=1S/C14H14ClN3/c15-12-4-1-3-10(7-12)11-8-17-14(18-9-11)13-5-2-6-16-13/h1,3-4,7-9,13,16H,2,5-6H2. The molecule has 1 N–H and O–H groups in total. The Labute approximate surface area is 111 Å². The lowest BCUT2D eigenvalue weighted by Crippen LogP contribution is -2.15. The molecule has 1 unspecified atom stereocenters. The fourth-order valence-corrected chi connectivity index (χ4v) is 2.43. The number of rotatable bonds is 2. The van der Waals surface area contributed by atoms with Crippen LogP contribution in [0.25, 0.3) is 11.1 Å². The number of hydrogen-bond donors (Lipinski definition) is 1. The third-order valence-corrected chi connectivity index (χ3v) is 3.44. The van der Waals surface area contributed by atoms with Crippen molar-refractivity contribution in [2.45, 2.75) is 18.9 Å². The predicted molar refractivity (Wildman–Crippen MR) is 72.5 cm³/mol. The van der Waals surface area contributed by atoms with E-state index in [1.54, 1.807) is 0 Å². The smallest absolute Gasteiger partial charge is 0.145 e. The number of aromatic nitrogens is 2. The van der Waals surface area contributed by atoms with E-state index in [1.165, 1.54) is 6.42 Å². The first-order valence-corrected chi connectivity index (χ1v) is 6.52. The van der Waals surface area contributed by atoms with Crippen LogP contribution in [-0.4, -0.2) is 16.5 Å². The molecule has 0 bridgehead atoms. The van der Waals surface area contributed by atoms with E-state index in [0.717, 1.165) is 34.9 Å². The average molecular weight is 260 g/mol. The molecule has 1 aliphatic heterocycles. The maximum absolute atomic E-state index is 5.98. The van der Waals surface area contributed by atoms with Crippen LogP contribution in [0.15, 0.2) is 36.7 Å². The van der Waals surface area contributed by atoms with Crippen LogP contribution in [-0.2, 0) is 0 Å². The number of benzene rings is 1. The Kier molecular flexibility index (Phi) is 3.26. The van der Waals surface area contributed by atoms with Crippen molar-refractivity contribution >= 4 is 11.6 Å². The van der Waals surface area contributed by atoms with E-state index in [-0.39, 0.29) is 0 Å². The van der Waals surface area contributed by atoms with E-state index in [1.807, 2.05) is 36.7 Å². The molecule has 0 aliphatic carbocycles. The number of nitrogens with one attached hydrogen (secondary N) is 1. The summed E-state index contributed by atoms with van der Waals surface area (Å²) in [6, 6.07) is 8.05. The lowest BCUT2D eigenvalue weighted by Gasteiger charge is -2.09. The summed E-state index contributed by atoms with van der Waals surface area (Å²) in [5, 5.41) is 4.13. The highest BCUT2D eigenvalue weighted by Crippen LogP contribution is 2.23. The topological polar surface area (TPSA) is 37.8 Å². The van der Waals surface area contributed by atoms with Crippen molar-refractivity contribution in [3.8, 4) is 11.1 Å². The van der Waals surface area contributed by atoms with E-state index in [0.29, 0.717) is 6.04 Å². The summed E-state index contributed by atoms with van der Waals surface area (Å²) in [7, 11) is 0. The largest absolute Gasteiger partial charge is 0.307 e. The molecule has 3 nitrogen and oxygen atoms in total. The maximum Gasteiger partial charge on any atom is 0.145 e.